The van der Waals surface area contributed by atoms with E-state index in [-0.39, 0.29) is 36.5 Å². The average Bonchev–Trinajstić information content (AvgIpc) is 2.61. The van der Waals surface area contributed by atoms with E-state index in [4.69, 9.17) is 0 Å². The molecule has 0 unspecified atom stereocenters. The van der Waals surface area contributed by atoms with Crippen LogP contribution in [0, 0.1) is 16.0 Å². The van der Waals surface area contributed by atoms with Gasteiger partial charge in [-0.15, -0.1) is 0 Å². The maximum absolute atomic E-state index is 12.8. The summed E-state index contributed by atoms with van der Waals surface area (Å²) >= 11 is 0. The molecule has 0 bridgehead atoms. The zero-order valence-electron chi connectivity index (χ0n) is 15.8. The third kappa shape index (κ3) is 5.24. The van der Waals surface area contributed by atoms with Crippen molar-refractivity contribution in [2.24, 2.45) is 5.92 Å². The second-order valence-electron chi connectivity index (χ2n) is 7.01. The van der Waals surface area contributed by atoms with Crippen molar-refractivity contribution >= 4 is 21.6 Å². The van der Waals surface area contributed by atoms with Gasteiger partial charge in [-0.25, -0.2) is 8.42 Å². The third-order valence-corrected chi connectivity index (χ3v) is 6.71. The summed E-state index contributed by atoms with van der Waals surface area (Å²) in [6.07, 6.45) is 0. The number of carbonyl (C=O) groups excluding carboxylic acids is 1. The van der Waals surface area contributed by atoms with E-state index in [0.29, 0.717) is 19.0 Å². The van der Waals surface area contributed by atoms with Crippen LogP contribution in [0.5, 0.6) is 0 Å². The molecule has 2 rings (SSSR count). The fraction of sp³-hybridized carbons (Fsp3) is 0.588. The Bertz CT molecular complexity index is 788. The Balaban J connectivity index is 1.99. The largest absolute Gasteiger partial charge is 0.352 e. The molecule has 1 aromatic rings. The molecule has 0 aliphatic carbocycles. The molecular formula is C17H26N4O5S. The molecule has 0 spiro atoms. The Morgan fingerprint density at radius 1 is 1.19 bits per heavy atom. The number of para-hydroxylation sites is 1. The van der Waals surface area contributed by atoms with Crippen molar-refractivity contribution in [3.8, 4) is 0 Å². The van der Waals surface area contributed by atoms with Crippen LogP contribution in [0.4, 0.5) is 5.69 Å². The first-order chi connectivity index (χ1) is 12.6. The third-order valence-electron chi connectivity index (χ3n) is 4.77. The maximum atomic E-state index is 12.8. The molecule has 1 atom stereocenters. The van der Waals surface area contributed by atoms with Crippen LogP contribution >= 0.6 is 0 Å². The highest BCUT2D eigenvalue weighted by Crippen LogP contribution is 2.26. The summed E-state index contributed by atoms with van der Waals surface area (Å²) in [6.45, 7) is 7.35. The van der Waals surface area contributed by atoms with E-state index in [0.717, 1.165) is 0 Å². The maximum Gasteiger partial charge on any atom is 0.289 e. The van der Waals surface area contributed by atoms with Crippen LogP contribution in [0.2, 0.25) is 0 Å². The van der Waals surface area contributed by atoms with Gasteiger partial charge in [-0.05, 0) is 18.9 Å². The Morgan fingerprint density at radius 3 is 2.33 bits per heavy atom. The predicted molar refractivity (Wildman–Crippen MR) is 101 cm³/mol. The van der Waals surface area contributed by atoms with Crippen LogP contribution in [-0.2, 0) is 14.8 Å². The Hall–Kier alpha value is -2.04. The first-order valence-electron chi connectivity index (χ1n) is 8.88. The number of hydrogen-bond donors (Lipinski definition) is 1. The van der Waals surface area contributed by atoms with Crippen LogP contribution in [0.25, 0.3) is 0 Å². The summed E-state index contributed by atoms with van der Waals surface area (Å²) in [5, 5.41) is 14.1. The number of amides is 1. The van der Waals surface area contributed by atoms with Gasteiger partial charge in [-0.2, -0.15) is 4.31 Å². The number of nitro benzene ring substituents is 1. The van der Waals surface area contributed by atoms with Gasteiger partial charge in [0.15, 0.2) is 4.90 Å². The lowest BCUT2D eigenvalue weighted by Gasteiger charge is -2.33. The van der Waals surface area contributed by atoms with Gasteiger partial charge in [0.05, 0.1) is 11.5 Å². The van der Waals surface area contributed by atoms with Gasteiger partial charge in [0.25, 0.3) is 5.69 Å². The molecule has 0 aromatic heterocycles. The minimum atomic E-state index is -3.96. The lowest BCUT2D eigenvalue weighted by molar-refractivity contribution is -0.387. The number of nitrogens with zero attached hydrogens (tertiary/aromatic N) is 3. The van der Waals surface area contributed by atoms with Crippen LogP contribution in [0.3, 0.4) is 0 Å². The number of sulfonamides is 1. The second kappa shape index (κ2) is 8.77. The second-order valence-corrected chi connectivity index (χ2v) is 8.91. The molecule has 0 saturated carbocycles. The molecule has 9 nitrogen and oxygen atoms in total. The topological polar surface area (TPSA) is 113 Å². The minimum Gasteiger partial charge on any atom is -0.352 e. The molecule has 0 radical (unpaired) electrons. The van der Waals surface area contributed by atoms with Gasteiger partial charge < -0.3 is 5.32 Å². The average molecular weight is 398 g/mol. The zero-order chi connectivity index (χ0) is 20.2. The minimum absolute atomic E-state index is 0.0674. The number of benzene rings is 1. The summed E-state index contributed by atoms with van der Waals surface area (Å²) < 4.78 is 26.8. The van der Waals surface area contributed by atoms with E-state index in [1.54, 1.807) is 0 Å². The molecule has 1 N–H and O–H groups in total. The summed E-state index contributed by atoms with van der Waals surface area (Å²) in [7, 11) is -3.96. The molecule has 1 aromatic carbocycles. The van der Waals surface area contributed by atoms with Gasteiger partial charge in [0.2, 0.25) is 15.9 Å². The van der Waals surface area contributed by atoms with Gasteiger partial charge >= 0.3 is 0 Å². The fourth-order valence-corrected chi connectivity index (χ4v) is 4.34. The summed E-state index contributed by atoms with van der Waals surface area (Å²) in [5.41, 5.74) is -0.429. The lowest BCUT2D eigenvalue weighted by atomic mass is 10.1. The van der Waals surface area contributed by atoms with Crippen LogP contribution in [0.15, 0.2) is 29.2 Å². The standard InChI is InChI=1S/C17H26N4O5S/c1-13(2)14(3)18-17(22)12-19-8-10-20(11-9-19)27(25,26)16-7-5-4-6-15(16)21(23)24/h4-7,13-14H,8-12H2,1-3H3,(H,18,22)/t14-/m0/s1. The highest BCUT2D eigenvalue weighted by Gasteiger charge is 2.33. The van der Waals surface area contributed by atoms with E-state index in [9.17, 15) is 23.3 Å². The number of rotatable bonds is 7. The van der Waals surface area contributed by atoms with Crippen molar-refractivity contribution in [2.45, 2.75) is 31.7 Å². The van der Waals surface area contributed by atoms with Crippen molar-refractivity contribution < 1.29 is 18.1 Å². The molecule has 10 heteroatoms. The molecular weight excluding hydrogens is 372 g/mol. The smallest absolute Gasteiger partial charge is 0.289 e. The molecule has 27 heavy (non-hydrogen) atoms. The number of nitro groups is 1. The lowest BCUT2D eigenvalue weighted by Crippen LogP contribution is -2.52. The molecule has 1 saturated heterocycles. The molecule has 1 heterocycles. The van der Waals surface area contributed by atoms with Crippen LogP contribution in [0.1, 0.15) is 20.8 Å². The van der Waals surface area contributed by atoms with Crippen molar-refractivity contribution in [1.29, 1.82) is 0 Å². The van der Waals surface area contributed by atoms with Crippen molar-refractivity contribution in [2.75, 3.05) is 32.7 Å². The van der Waals surface area contributed by atoms with E-state index in [1.807, 2.05) is 25.7 Å². The number of piperazine rings is 1. The van der Waals surface area contributed by atoms with E-state index >= 15 is 0 Å². The Kier molecular flexibility index (Phi) is 6.90. The molecule has 1 aliphatic rings. The van der Waals surface area contributed by atoms with E-state index in [1.165, 1.54) is 28.6 Å². The number of hydrogen-bond acceptors (Lipinski definition) is 6. The van der Waals surface area contributed by atoms with Crippen molar-refractivity contribution in [3.05, 3.63) is 34.4 Å². The normalized spacial score (nSPS) is 17.6. The van der Waals surface area contributed by atoms with E-state index < -0.39 is 20.6 Å². The Morgan fingerprint density at radius 2 is 1.78 bits per heavy atom. The predicted octanol–water partition coefficient (Wildman–Crippen LogP) is 1.06. The van der Waals surface area contributed by atoms with E-state index in [2.05, 4.69) is 5.32 Å². The fourth-order valence-electron chi connectivity index (χ4n) is 2.76. The number of nitrogens with one attached hydrogen (secondary N) is 1. The summed E-state index contributed by atoms with van der Waals surface area (Å²) in [5.74, 6) is 0.240. The molecule has 1 fully saturated rings. The van der Waals surface area contributed by atoms with Gasteiger partial charge in [0.1, 0.15) is 0 Å². The van der Waals surface area contributed by atoms with Crippen molar-refractivity contribution in [1.82, 2.24) is 14.5 Å². The van der Waals surface area contributed by atoms with Gasteiger partial charge in [0, 0.05) is 38.3 Å². The molecule has 150 valence electrons. The van der Waals surface area contributed by atoms with Crippen molar-refractivity contribution in [3.63, 3.8) is 0 Å². The monoisotopic (exact) mass is 398 g/mol. The van der Waals surface area contributed by atoms with Crippen LogP contribution < -0.4 is 5.32 Å². The van der Waals surface area contributed by atoms with Gasteiger partial charge in [-0.1, -0.05) is 26.0 Å². The van der Waals surface area contributed by atoms with Crippen LogP contribution in [-0.4, -0.2) is 67.2 Å². The highest BCUT2D eigenvalue weighted by molar-refractivity contribution is 7.89. The molecule has 1 aliphatic heterocycles. The highest BCUT2D eigenvalue weighted by atomic mass is 32.2. The molecule has 1 amide bonds. The SMILES string of the molecule is CC(C)[C@H](C)NC(=O)CN1CCN(S(=O)(=O)c2ccccc2[N+](=O)[O-])CC1. The zero-order valence-corrected chi connectivity index (χ0v) is 16.6. The first-order valence-corrected chi connectivity index (χ1v) is 10.3. The number of carbonyl (C=O) groups is 1. The Labute approximate surface area is 159 Å². The quantitative estimate of drug-likeness (QED) is 0.543. The first kappa shape index (κ1) is 21.3. The summed E-state index contributed by atoms with van der Waals surface area (Å²) in [6, 6.07) is 5.41. The summed E-state index contributed by atoms with van der Waals surface area (Å²) in [4.78, 5) is 24.1. The van der Waals surface area contributed by atoms with Gasteiger partial charge in [-0.3, -0.25) is 19.8 Å².